The summed E-state index contributed by atoms with van der Waals surface area (Å²) in [4.78, 5) is 18.5. The van der Waals surface area contributed by atoms with Crippen molar-refractivity contribution in [3.05, 3.63) is 59.3 Å². The van der Waals surface area contributed by atoms with Gasteiger partial charge >= 0.3 is 0 Å². The first kappa shape index (κ1) is 18.4. The summed E-state index contributed by atoms with van der Waals surface area (Å²) in [6.45, 7) is 2.66. The zero-order chi connectivity index (χ0) is 18.7. The van der Waals surface area contributed by atoms with Crippen molar-refractivity contribution in [2.45, 2.75) is 25.9 Å². The molecule has 3 rings (SSSR count). The number of aryl methyl sites for hydroxylation is 1. The van der Waals surface area contributed by atoms with Crippen LogP contribution in [0.1, 0.15) is 27.9 Å². The molecule has 7 heteroatoms. The van der Waals surface area contributed by atoms with Gasteiger partial charge in [0, 0.05) is 31.4 Å². The first-order valence-corrected chi connectivity index (χ1v) is 10.4. The Kier molecular flexibility index (Phi) is 5.27. The molecule has 1 N–H and O–H groups in total. The highest BCUT2D eigenvalue weighted by atomic mass is 32.2. The number of nitrogens with one attached hydrogen (secondary N) is 1. The highest BCUT2D eigenvalue weighted by Gasteiger charge is 2.33. The fourth-order valence-corrected chi connectivity index (χ4v) is 4.90. The minimum Gasteiger partial charge on any atom is -0.366 e. The molecule has 0 aliphatic carbocycles. The highest BCUT2D eigenvalue weighted by Crippen LogP contribution is 2.19. The number of pyridine rings is 1. The monoisotopic (exact) mass is 373 g/mol. The molecule has 1 aliphatic heterocycles. The van der Waals surface area contributed by atoms with Crippen molar-refractivity contribution in [2.24, 2.45) is 0 Å². The number of anilines is 1. The van der Waals surface area contributed by atoms with Gasteiger partial charge in [0.2, 0.25) is 0 Å². The minimum atomic E-state index is -3.03. The van der Waals surface area contributed by atoms with E-state index >= 15 is 0 Å². The van der Waals surface area contributed by atoms with Gasteiger partial charge in [-0.3, -0.25) is 4.79 Å². The van der Waals surface area contributed by atoms with Gasteiger partial charge in [0.05, 0.1) is 11.5 Å². The van der Waals surface area contributed by atoms with Gasteiger partial charge in [-0.15, -0.1) is 0 Å². The molecule has 1 amide bonds. The molecule has 26 heavy (non-hydrogen) atoms. The molecule has 1 atom stereocenters. The number of amides is 1. The van der Waals surface area contributed by atoms with E-state index in [1.165, 1.54) is 10.5 Å². The second-order valence-electron chi connectivity index (χ2n) is 6.75. The topological polar surface area (TPSA) is 79.4 Å². The summed E-state index contributed by atoms with van der Waals surface area (Å²) in [7, 11) is -1.36. The Bertz CT molecular complexity index is 912. The van der Waals surface area contributed by atoms with Crippen molar-refractivity contribution in [1.29, 1.82) is 0 Å². The van der Waals surface area contributed by atoms with E-state index in [1.54, 1.807) is 25.4 Å². The molecule has 1 unspecified atom stereocenters. The normalized spacial score (nSPS) is 18.5. The minimum absolute atomic E-state index is 0.0405. The molecule has 0 saturated carbocycles. The fourth-order valence-electron chi connectivity index (χ4n) is 3.13. The molecule has 138 valence electrons. The third-order valence-corrected chi connectivity index (χ3v) is 6.39. The Labute approximate surface area is 154 Å². The maximum atomic E-state index is 12.7. The number of hydrogen-bond donors (Lipinski definition) is 1. The molecular formula is C19H23N3O3S. The first-order chi connectivity index (χ1) is 12.3. The molecule has 1 saturated heterocycles. The van der Waals surface area contributed by atoms with Crippen molar-refractivity contribution in [3.63, 3.8) is 0 Å². The van der Waals surface area contributed by atoms with Gasteiger partial charge in [-0.05, 0) is 31.0 Å². The van der Waals surface area contributed by atoms with Gasteiger partial charge in [-0.2, -0.15) is 0 Å². The number of carbonyl (C=O) groups is 1. The molecule has 0 radical (unpaired) electrons. The van der Waals surface area contributed by atoms with Crippen molar-refractivity contribution in [3.8, 4) is 0 Å². The molecule has 1 aliphatic rings. The van der Waals surface area contributed by atoms with Gasteiger partial charge in [0.1, 0.15) is 5.82 Å². The first-order valence-electron chi connectivity index (χ1n) is 8.57. The van der Waals surface area contributed by atoms with E-state index in [9.17, 15) is 13.2 Å². The van der Waals surface area contributed by atoms with E-state index in [0.29, 0.717) is 24.3 Å². The largest absolute Gasteiger partial charge is 0.366 e. The zero-order valence-electron chi connectivity index (χ0n) is 15.0. The highest BCUT2D eigenvalue weighted by molar-refractivity contribution is 7.91. The molecular weight excluding hydrogens is 350 g/mol. The Morgan fingerprint density at radius 1 is 1.31 bits per heavy atom. The summed E-state index contributed by atoms with van der Waals surface area (Å²) in [6, 6.07) is 11.3. The molecule has 6 nitrogen and oxygen atoms in total. The van der Waals surface area contributed by atoms with Crippen LogP contribution in [0.15, 0.2) is 42.6 Å². The number of rotatable bonds is 5. The molecule has 1 fully saturated rings. The lowest BCUT2D eigenvalue weighted by molar-refractivity contribution is 0.0747. The molecule has 0 spiro atoms. The molecule has 2 heterocycles. The lowest BCUT2D eigenvalue weighted by atomic mass is 10.1. The fraction of sp³-hybridized carbons (Fsp3) is 0.368. The van der Waals surface area contributed by atoms with Crippen LogP contribution in [0.25, 0.3) is 0 Å². The van der Waals surface area contributed by atoms with Crippen LogP contribution < -0.4 is 5.32 Å². The second kappa shape index (κ2) is 7.45. The van der Waals surface area contributed by atoms with Crippen LogP contribution in [0.3, 0.4) is 0 Å². The van der Waals surface area contributed by atoms with E-state index in [4.69, 9.17) is 0 Å². The van der Waals surface area contributed by atoms with Crippen molar-refractivity contribution in [2.75, 3.05) is 23.9 Å². The number of hydrogen-bond acceptors (Lipinski definition) is 5. The predicted octanol–water partition coefficient (Wildman–Crippen LogP) is 2.26. The lowest BCUT2D eigenvalue weighted by Crippen LogP contribution is -2.37. The van der Waals surface area contributed by atoms with E-state index in [0.717, 1.165) is 5.56 Å². The molecule has 2 aromatic rings. The maximum Gasteiger partial charge on any atom is 0.254 e. The van der Waals surface area contributed by atoms with Crippen LogP contribution in [0.2, 0.25) is 0 Å². The summed E-state index contributed by atoms with van der Waals surface area (Å²) < 4.78 is 23.3. The van der Waals surface area contributed by atoms with Crippen molar-refractivity contribution < 1.29 is 13.2 Å². The summed E-state index contributed by atoms with van der Waals surface area (Å²) >= 11 is 0. The van der Waals surface area contributed by atoms with Gasteiger partial charge in [-0.1, -0.05) is 29.8 Å². The Morgan fingerprint density at radius 3 is 2.81 bits per heavy atom. The van der Waals surface area contributed by atoms with E-state index in [1.807, 2.05) is 25.1 Å². The third-order valence-electron chi connectivity index (χ3n) is 4.64. The summed E-state index contributed by atoms with van der Waals surface area (Å²) in [5, 5.41) is 3.23. The number of aromatic nitrogens is 1. The van der Waals surface area contributed by atoms with E-state index in [-0.39, 0.29) is 23.5 Å². The summed E-state index contributed by atoms with van der Waals surface area (Å²) in [5.41, 5.74) is 2.82. The Balaban J connectivity index is 1.67. The van der Waals surface area contributed by atoms with Crippen LogP contribution in [-0.4, -0.2) is 48.8 Å². The van der Waals surface area contributed by atoms with Gasteiger partial charge in [-0.25, -0.2) is 13.4 Å². The Morgan fingerprint density at radius 2 is 2.12 bits per heavy atom. The predicted molar refractivity (Wildman–Crippen MR) is 102 cm³/mol. The number of carbonyl (C=O) groups excluding carboxylic acids is 1. The third kappa shape index (κ3) is 4.40. The van der Waals surface area contributed by atoms with E-state index < -0.39 is 9.84 Å². The van der Waals surface area contributed by atoms with Crippen LogP contribution >= 0.6 is 0 Å². The zero-order valence-corrected chi connectivity index (χ0v) is 15.8. The average molecular weight is 373 g/mol. The smallest absolute Gasteiger partial charge is 0.254 e. The van der Waals surface area contributed by atoms with Gasteiger partial charge < -0.3 is 10.2 Å². The van der Waals surface area contributed by atoms with Gasteiger partial charge in [0.25, 0.3) is 5.91 Å². The van der Waals surface area contributed by atoms with Crippen LogP contribution in [-0.2, 0) is 16.4 Å². The van der Waals surface area contributed by atoms with Crippen LogP contribution in [0.4, 0.5) is 5.82 Å². The molecule has 1 aromatic carbocycles. The number of benzene rings is 1. The van der Waals surface area contributed by atoms with Crippen molar-refractivity contribution in [1.82, 2.24) is 9.88 Å². The van der Waals surface area contributed by atoms with Crippen LogP contribution in [0.5, 0.6) is 0 Å². The van der Waals surface area contributed by atoms with Crippen molar-refractivity contribution >= 4 is 21.6 Å². The summed E-state index contributed by atoms with van der Waals surface area (Å²) in [6.07, 6.45) is 2.08. The number of nitrogens with zero attached hydrogens (tertiary/aromatic N) is 2. The van der Waals surface area contributed by atoms with Crippen LogP contribution in [0, 0.1) is 6.92 Å². The quantitative estimate of drug-likeness (QED) is 0.870. The van der Waals surface area contributed by atoms with E-state index in [2.05, 4.69) is 16.4 Å². The SMILES string of the molecule is Cc1cccc(CNc2cc(C(=O)N(C)C3CCS(=O)(=O)C3)ccn2)c1. The molecule has 1 aromatic heterocycles. The lowest BCUT2D eigenvalue weighted by Gasteiger charge is -2.23. The van der Waals surface area contributed by atoms with Gasteiger partial charge in [0.15, 0.2) is 9.84 Å². The average Bonchev–Trinajstić information content (AvgIpc) is 2.99. The summed E-state index contributed by atoms with van der Waals surface area (Å²) in [5.74, 6) is 0.617. The Hall–Kier alpha value is -2.41. The number of sulfone groups is 1. The second-order valence-corrected chi connectivity index (χ2v) is 8.97. The maximum absolute atomic E-state index is 12.7. The molecule has 0 bridgehead atoms. The standard InChI is InChI=1S/C19H23N3O3S/c1-14-4-3-5-15(10-14)12-21-18-11-16(6-8-20-18)19(23)22(2)17-7-9-26(24,25)13-17/h3-6,8,10-11,17H,7,9,12-13H2,1-2H3,(H,20,21).